The molecule has 0 atom stereocenters. The highest BCUT2D eigenvalue weighted by Gasteiger charge is 2.21. The highest BCUT2D eigenvalue weighted by Crippen LogP contribution is 2.32. The molecule has 0 amide bonds. The van der Waals surface area contributed by atoms with Crippen LogP contribution in [0.25, 0.3) is 10.9 Å². The van der Waals surface area contributed by atoms with Gasteiger partial charge in [-0.05, 0) is 56.4 Å². The number of aliphatic imine (C=N–C) groups is 1. The van der Waals surface area contributed by atoms with Gasteiger partial charge in [-0.15, -0.1) is 0 Å². The lowest BCUT2D eigenvalue weighted by atomic mass is 9.95. The Labute approximate surface area is 169 Å². The first-order valence-electron chi connectivity index (χ1n) is 10.2. The van der Waals surface area contributed by atoms with Crippen LogP contribution in [0.4, 0.5) is 17.3 Å². The maximum Gasteiger partial charge on any atom is 0.227 e. The summed E-state index contributed by atoms with van der Waals surface area (Å²) in [4.78, 5) is 13.8. The topological polar surface area (TPSA) is 79.6 Å². The summed E-state index contributed by atoms with van der Waals surface area (Å²) in [6, 6.07) is 12.1. The molecule has 2 N–H and O–H groups in total. The van der Waals surface area contributed by atoms with Crippen molar-refractivity contribution in [1.82, 2.24) is 9.97 Å². The number of nitrogens with one attached hydrogen (secondary N) is 1. The number of fused-ring (bicyclic) bond motifs is 2. The molecule has 1 aromatic heterocycles. The van der Waals surface area contributed by atoms with Gasteiger partial charge in [0.15, 0.2) is 0 Å². The fourth-order valence-electron chi connectivity index (χ4n) is 4.07. The summed E-state index contributed by atoms with van der Waals surface area (Å²) in [5.74, 6) is 1.30. The van der Waals surface area contributed by atoms with Crippen molar-refractivity contribution in [2.75, 3.05) is 5.32 Å². The molecule has 0 saturated heterocycles. The molecule has 0 bridgehead atoms. The van der Waals surface area contributed by atoms with Crippen LogP contribution in [0.15, 0.2) is 47.6 Å². The Bertz CT molecular complexity index is 1090. The zero-order valence-corrected chi connectivity index (χ0v) is 16.4. The van der Waals surface area contributed by atoms with E-state index in [-0.39, 0.29) is 12.2 Å². The normalized spacial score (nSPS) is 21.0. The van der Waals surface area contributed by atoms with E-state index in [1.165, 1.54) is 5.56 Å². The quantitative estimate of drug-likeness (QED) is 0.677. The Balaban J connectivity index is 1.40. The number of ether oxygens (including phenoxy) is 1. The molecule has 1 saturated carbocycles. The Morgan fingerprint density at radius 3 is 2.83 bits per heavy atom. The summed E-state index contributed by atoms with van der Waals surface area (Å²) in [5, 5.41) is 14.0. The lowest BCUT2D eigenvalue weighted by Gasteiger charge is -2.26. The van der Waals surface area contributed by atoms with Gasteiger partial charge in [-0.1, -0.05) is 18.2 Å². The lowest BCUT2D eigenvalue weighted by molar-refractivity contribution is 0.0672. The van der Waals surface area contributed by atoms with Crippen molar-refractivity contribution in [2.45, 2.75) is 51.2 Å². The van der Waals surface area contributed by atoms with Gasteiger partial charge in [-0.25, -0.2) is 9.97 Å². The first kappa shape index (κ1) is 18.1. The van der Waals surface area contributed by atoms with Crippen LogP contribution >= 0.6 is 0 Å². The molecule has 0 radical (unpaired) electrons. The number of rotatable bonds is 4. The minimum atomic E-state index is -0.194. The molecule has 0 spiro atoms. The zero-order chi connectivity index (χ0) is 19.8. The molecule has 3 aromatic rings. The predicted molar refractivity (Wildman–Crippen MR) is 115 cm³/mol. The van der Waals surface area contributed by atoms with E-state index in [0.717, 1.165) is 65.8 Å². The second-order valence-electron chi connectivity index (χ2n) is 7.93. The molecule has 1 fully saturated rings. The SMILES string of the molecule is CC1=Nc2cc(Nc3ncc4cccc(OC5CCC(O)CC5)c4n3)ccc2C1. The second kappa shape index (κ2) is 7.44. The van der Waals surface area contributed by atoms with Gasteiger partial charge in [-0.2, -0.15) is 0 Å². The average Bonchev–Trinajstić information content (AvgIpc) is 3.09. The van der Waals surface area contributed by atoms with Gasteiger partial charge in [0.2, 0.25) is 5.95 Å². The second-order valence-corrected chi connectivity index (χ2v) is 7.93. The van der Waals surface area contributed by atoms with E-state index in [9.17, 15) is 5.11 Å². The largest absolute Gasteiger partial charge is 0.488 e. The van der Waals surface area contributed by atoms with E-state index in [2.05, 4.69) is 21.4 Å². The van der Waals surface area contributed by atoms with Crippen LogP contribution < -0.4 is 10.1 Å². The molecule has 2 aliphatic rings. The van der Waals surface area contributed by atoms with Crippen molar-refractivity contribution in [3.8, 4) is 5.75 Å². The van der Waals surface area contributed by atoms with Crippen LogP contribution in [0.2, 0.25) is 0 Å². The third-order valence-corrected chi connectivity index (χ3v) is 5.61. The van der Waals surface area contributed by atoms with Crippen LogP contribution in [0.1, 0.15) is 38.2 Å². The highest BCUT2D eigenvalue weighted by molar-refractivity contribution is 5.92. The van der Waals surface area contributed by atoms with Crippen LogP contribution in [0.5, 0.6) is 5.75 Å². The van der Waals surface area contributed by atoms with Gasteiger partial charge in [0.25, 0.3) is 0 Å². The van der Waals surface area contributed by atoms with Gasteiger partial charge in [0.05, 0.1) is 17.9 Å². The molecule has 1 aliphatic carbocycles. The Morgan fingerprint density at radius 1 is 1.10 bits per heavy atom. The molecular weight excluding hydrogens is 364 g/mol. The summed E-state index contributed by atoms with van der Waals surface area (Å²) < 4.78 is 6.25. The van der Waals surface area contributed by atoms with Crippen LogP contribution in [-0.2, 0) is 6.42 Å². The average molecular weight is 388 g/mol. The fourth-order valence-corrected chi connectivity index (χ4v) is 4.07. The van der Waals surface area contributed by atoms with Crippen molar-refractivity contribution in [2.24, 2.45) is 4.99 Å². The third-order valence-electron chi connectivity index (χ3n) is 5.61. The summed E-state index contributed by atoms with van der Waals surface area (Å²) in [5.41, 5.74) is 5.11. The summed E-state index contributed by atoms with van der Waals surface area (Å²) in [6.07, 6.45) is 5.97. The molecule has 1 aliphatic heterocycles. The molecule has 5 rings (SSSR count). The van der Waals surface area contributed by atoms with E-state index in [4.69, 9.17) is 9.72 Å². The minimum absolute atomic E-state index is 0.119. The Hall–Kier alpha value is -2.99. The number of aliphatic hydroxyl groups is 1. The first-order valence-corrected chi connectivity index (χ1v) is 10.2. The monoisotopic (exact) mass is 388 g/mol. The van der Waals surface area contributed by atoms with E-state index < -0.39 is 0 Å². The van der Waals surface area contributed by atoms with Gasteiger partial charge in [0, 0.05) is 29.4 Å². The highest BCUT2D eigenvalue weighted by atomic mass is 16.5. The number of benzene rings is 2. The lowest BCUT2D eigenvalue weighted by Crippen LogP contribution is -2.26. The Morgan fingerprint density at radius 2 is 1.97 bits per heavy atom. The molecular formula is C23H24N4O2. The van der Waals surface area contributed by atoms with Crippen molar-refractivity contribution in [3.05, 3.63) is 48.2 Å². The summed E-state index contributed by atoms with van der Waals surface area (Å²) >= 11 is 0. The molecule has 2 aromatic carbocycles. The van der Waals surface area contributed by atoms with E-state index in [1.807, 2.05) is 43.5 Å². The van der Waals surface area contributed by atoms with E-state index in [1.54, 1.807) is 0 Å². The van der Waals surface area contributed by atoms with E-state index >= 15 is 0 Å². The van der Waals surface area contributed by atoms with Crippen molar-refractivity contribution in [3.63, 3.8) is 0 Å². The van der Waals surface area contributed by atoms with Gasteiger partial charge < -0.3 is 15.2 Å². The number of hydrogen-bond donors (Lipinski definition) is 2. The van der Waals surface area contributed by atoms with Crippen molar-refractivity contribution < 1.29 is 9.84 Å². The van der Waals surface area contributed by atoms with Crippen molar-refractivity contribution >= 4 is 33.9 Å². The van der Waals surface area contributed by atoms with Crippen LogP contribution in [-0.4, -0.2) is 33.0 Å². The number of aromatic nitrogens is 2. The number of hydrogen-bond acceptors (Lipinski definition) is 6. The number of aliphatic hydroxyl groups excluding tert-OH is 1. The minimum Gasteiger partial charge on any atom is -0.488 e. The van der Waals surface area contributed by atoms with Gasteiger partial charge in [-0.3, -0.25) is 4.99 Å². The summed E-state index contributed by atoms with van der Waals surface area (Å²) in [7, 11) is 0. The van der Waals surface area contributed by atoms with E-state index in [0.29, 0.717) is 5.95 Å². The maximum atomic E-state index is 9.72. The molecule has 0 unspecified atom stereocenters. The number of anilines is 2. The van der Waals surface area contributed by atoms with Gasteiger partial charge in [0.1, 0.15) is 11.3 Å². The molecule has 29 heavy (non-hydrogen) atoms. The van der Waals surface area contributed by atoms with Crippen LogP contribution in [0, 0.1) is 0 Å². The maximum absolute atomic E-state index is 9.72. The molecule has 148 valence electrons. The third kappa shape index (κ3) is 3.80. The molecule has 6 heteroatoms. The standard InChI is InChI=1S/C23H24N4O2/c1-14-11-15-5-6-17(12-20(15)25-14)26-23-24-13-16-3-2-4-21(22(16)27-23)29-19-9-7-18(28)8-10-19/h2-6,12-13,18-19,28H,7-11H2,1H3,(H,24,26,27). The summed E-state index contributed by atoms with van der Waals surface area (Å²) in [6.45, 7) is 2.05. The first-order chi connectivity index (χ1) is 14.1. The predicted octanol–water partition coefficient (Wildman–Crippen LogP) is 4.70. The number of para-hydroxylation sites is 1. The zero-order valence-electron chi connectivity index (χ0n) is 16.4. The molecule has 6 nitrogen and oxygen atoms in total. The van der Waals surface area contributed by atoms with Crippen molar-refractivity contribution in [1.29, 1.82) is 0 Å². The molecule has 2 heterocycles. The Kier molecular flexibility index (Phi) is 4.64. The fraction of sp³-hybridized carbons (Fsp3) is 0.348. The smallest absolute Gasteiger partial charge is 0.227 e. The van der Waals surface area contributed by atoms with Gasteiger partial charge >= 0.3 is 0 Å². The number of nitrogens with zero attached hydrogens (tertiary/aromatic N) is 3. The van der Waals surface area contributed by atoms with Crippen LogP contribution in [0.3, 0.4) is 0 Å².